The summed E-state index contributed by atoms with van der Waals surface area (Å²) in [6.07, 6.45) is 3.57. The molecule has 3 N–H and O–H groups in total. The molecule has 0 saturated heterocycles. The standard InChI is InChI=1S/C25H27Cl2N3O7S/c1-38(35,36)29-19-8-4-5-9-20(19)30-23(17-11-10-14(26)12-18(17)27)22(24(33)28-37-13-21(31)32)15-6-2-3-7-16(15)25(30)34/h2-3,6-7,10-12,19-20,22-23,29H,4-5,8-9,13H2,1H3,(H,28,33)(H,31,32). The van der Waals surface area contributed by atoms with Crippen molar-refractivity contribution in [1.82, 2.24) is 15.1 Å². The number of aliphatic carboxylic acids is 1. The maximum absolute atomic E-state index is 14.1. The van der Waals surface area contributed by atoms with Crippen LogP contribution in [-0.4, -0.2) is 61.2 Å². The van der Waals surface area contributed by atoms with Crippen LogP contribution < -0.4 is 10.2 Å². The van der Waals surface area contributed by atoms with Gasteiger partial charge in [0.15, 0.2) is 6.61 Å². The molecule has 4 atom stereocenters. The lowest BCUT2D eigenvalue weighted by atomic mass is 9.76. The van der Waals surface area contributed by atoms with Gasteiger partial charge in [-0.05, 0) is 42.2 Å². The quantitative estimate of drug-likeness (QED) is 0.405. The van der Waals surface area contributed by atoms with Crippen molar-refractivity contribution in [3.8, 4) is 0 Å². The fourth-order valence-electron chi connectivity index (χ4n) is 5.36. The Morgan fingerprint density at radius 1 is 1.11 bits per heavy atom. The Hall–Kier alpha value is -2.70. The van der Waals surface area contributed by atoms with Gasteiger partial charge in [-0.15, -0.1) is 0 Å². The fraction of sp³-hybridized carbons (Fsp3) is 0.400. The molecule has 0 aromatic heterocycles. The molecule has 0 spiro atoms. The Balaban J connectivity index is 1.89. The van der Waals surface area contributed by atoms with Crippen molar-refractivity contribution in [3.63, 3.8) is 0 Å². The summed E-state index contributed by atoms with van der Waals surface area (Å²) < 4.78 is 27.1. The van der Waals surface area contributed by atoms with Crippen molar-refractivity contribution in [1.29, 1.82) is 0 Å². The molecule has 4 unspecified atom stereocenters. The van der Waals surface area contributed by atoms with Gasteiger partial charge in [0.05, 0.1) is 18.2 Å². The average molecular weight is 584 g/mol. The summed E-state index contributed by atoms with van der Waals surface area (Å²) in [4.78, 5) is 45.1. The van der Waals surface area contributed by atoms with Crippen molar-refractivity contribution in [2.45, 2.75) is 49.7 Å². The summed E-state index contributed by atoms with van der Waals surface area (Å²) in [5.74, 6) is -3.40. The number of sulfonamides is 1. The molecule has 4 rings (SSSR count). The molecule has 1 aliphatic heterocycles. The number of carboxylic acids is 1. The Morgan fingerprint density at radius 3 is 2.50 bits per heavy atom. The van der Waals surface area contributed by atoms with E-state index in [1.54, 1.807) is 41.3 Å². The van der Waals surface area contributed by atoms with Gasteiger partial charge in [0.1, 0.15) is 0 Å². The Morgan fingerprint density at radius 2 is 1.82 bits per heavy atom. The van der Waals surface area contributed by atoms with Crippen LogP contribution in [0.5, 0.6) is 0 Å². The predicted molar refractivity (Wildman–Crippen MR) is 140 cm³/mol. The van der Waals surface area contributed by atoms with E-state index in [0.29, 0.717) is 29.0 Å². The minimum Gasteiger partial charge on any atom is -0.479 e. The minimum atomic E-state index is -3.61. The van der Waals surface area contributed by atoms with Crippen molar-refractivity contribution in [2.24, 2.45) is 0 Å². The van der Waals surface area contributed by atoms with E-state index in [1.165, 1.54) is 6.07 Å². The molecule has 2 aliphatic rings. The Labute approximate surface area is 230 Å². The van der Waals surface area contributed by atoms with E-state index >= 15 is 0 Å². The average Bonchev–Trinajstić information content (AvgIpc) is 2.83. The zero-order chi connectivity index (χ0) is 27.6. The molecule has 1 heterocycles. The monoisotopic (exact) mass is 583 g/mol. The highest BCUT2D eigenvalue weighted by molar-refractivity contribution is 7.88. The maximum atomic E-state index is 14.1. The highest BCUT2D eigenvalue weighted by atomic mass is 35.5. The van der Waals surface area contributed by atoms with Crippen LogP contribution in [0, 0.1) is 0 Å². The van der Waals surface area contributed by atoms with Gasteiger partial charge < -0.3 is 10.0 Å². The second-order valence-electron chi connectivity index (χ2n) is 9.39. The first-order valence-electron chi connectivity index (χ1n) is 11.9. The van der Waals surface area contributed by atoms with Gasteiger partial charge >= 0.3 is 5.97 Å². The van der Waals surface area contributed by atoms with Crippen LogP contribution in [-0.2, 0) is 24.4 Å². The first-order valence-corrected chi connectivity index (χ1v) is 14.6. The highest BCUT2D eigenvalue weighted by Crippen LogP contribution is 2.47. The number of benzene rings is 2. The van der Waals surface area contributed by atoms with Crippen molar-refractivity contribution < 1.29 is 32.7 Å². The summed E-state index contributed by atoms with van der Waals surface area (Å²) in [6.45, 7) is -0.766. The van der Waals surface area contributed by atoms with Crippen LogP contribution in [0.3, 0.4) is 0 Å². The zero-order valence-electron chi connectivity index (χ0n) is 20.4. The fourth-order valence-corrected chi connectivity index (χ4v) is 6.71. The Bertz CT molecular complexity index is 1350. The zero-order valence-corrected chi connectivity index (χ0v) is 22.7. The van der Waals surface area contributed by atoms with Gasteiger partial charge in [0.25, 0.3) is 11.8 Å². The lowest BCUT2D eigenvalue weighted by Crippen LogP contribution is -2.59. The highest BCUT2D eigenvalue weighted by Gasteiger charge is 2.49. The molecule has 13 heteroatoms. The van der Waals surface area contributed by atoms with Crippen LogP contribution in [0.4, 0.5) is 0 Å². The van der Waals surface area contributed by atoms with Crippen molar-refractivity contribution >= 4 is 51.0 Å². The smallest absolute Gasteiger partial charge is 0.332 e. The van der Waals surface area contributed by atoms with E-state index in [9.17, 15) is 22.8 Å². The number of rotatable bonds is 8. The van der Waals surface area contributed by atoms with Crippen LogP contribution in [0.15, 0.2) is 42.5 Å². The number of halogens is 2. The summed E-state index contributed by atoms with van der Waals surface area (Å²) in [7, 11) is -3.61. The molecule has 2 aromatic carbocycles. The molecule has 0 bridgehead atoms. The first kappa shape index (κ1) is 28.3. The van der Waals surface area contributed by atoms with E-state index < -0.39 is 52.6 Å². The van der Waals surface area contributed by atoms with Crippen molar-refractivity contribution in [3.05, 3.63) is 69.2 Å². The number of hydrogen-bond acceptors (Lipinski definition) is 6. The third-order valence-electron chi connectivity index (χ3n) is 6.76. The molecule has 2 aromatic rings. The first-order chi connectivity index (χ1) is 18.0. The number of carbonyl (C=O) groups excluding carboxylic acids is 2. The number of nitrogens with one attached hydrogen (secondary N) is 2. The number of amides is 2. The molecule has 38 heavy (non-hydrogen) atoms. The normalized spacial score (nSPS) is 23.6. The predicted octanol–water partition coefficient (Wildman–Crippen LogP) is 3.27. The molecule has 2 amide bonds. The lowest BCUT2D eigenvalue weighted by molar-refractivity contribution is -0.150. The third kappa shape index (κ3) is 6.13. The molecule has 204 valence electrons. The van der Waals surface area contributed by atoms with Crippen LogP contribution in [0.25, 0.3) is 0 Å². The second-order valence-corrected chi connectivity index (χ2v) is 12.0. The number of carboxylic acid groups (broad SMARTS) is 1. The number of fused-ring (bicyclic) bond motifs is 1. The Kier molecular flexibility index (Phi) is 8.63. The van der Waals surface area contributed by atoms with E-state index in [4.69, 9.17) is 33.1 Å². The van der Waals surface area contributed by atoms with E-state index in [1.807, 2.05) is 0 Å². The number of nitrogens with zero attached hydrogens (tertiary/aromatic N) is 1. The van der Waals surface area contributed by atoms with Crippen LogP contribution in [0.2, 0.25) is 10.0 Å². The number of hydroxylamine groups is 1. The molecule has 1 fully saturated rings. The number of hydrogen-bond donors (Lipinski definition) is 3. The van der Waals surface area contributed by atoms with Gasteiger partial charge in [-0.25, -0.2) is 23.4 Å². The molecular formula is C25H27Cl2N3O7S. The lowest BCUT2D eigenvalue weighted by Gasteiger charge is -2.49. The van der Waals surface area contributed by atoms with Crippen LogP contribution in [0.1, 0.15) is 59.1 Å². The van der Waals surface area contributed by atoms with Crippen molar-refractivity contribution in [2.75, 3.05) is 12.9 Å². The SMILES string of the molecule is CS(=O)(=O)NC1CCCCC1N1C(=O)c2ccccc2C(C(=O)NOCC(=O)O)C1c1ccc(Cl)cc1Cl. The number of carbonyl (C=O) groups is 3. The van der Waals surface area contributed by atoms with Gasteiger partial charge in [-0.3, -0.25) is 14.4 Å². The third-order valence-corrected chi connectivity index (χ3v) is 8.05. The molecular weight excluding hydrogens is 557 g/mol. The molecule has 10 nitrogen and oxygen atoms in total. The summed E-state index contributed by atoms with van der Waals surface area (Å²) in [6, 6.07) is 9.19. The van der Waals surface area contributed by atoms with E-state index in [2.05, 4.69) is 10.2 Å². The topological polar surface area (TPSA) is 142 Å². The molecule has 1 aliphatic carbocycles. The molecule has 1 saturated carbocycles. The van der Waals surface area contributed by atoms with Gasteiger partial charge in [-0.2, -0.15) is 0 Å². The summed E-state index contributed by atoms with van der Waals surface area (Å²) in [5, 5.41) is 9.51. The van der Waals surface area contributed by atoms with E-state index in [-0.39, 0.29) is 16.5 Å². The summed E-state index contributed by atoms with van der Waals surface area (Å²) in [5.41, 5.74) is 3.32. The largest absolute Gasteiger partial charge is 0.479 e. The van der Waals surface area contributed by atoms with Gasteiger partial charge in [-0.1, -0.05) is 60.3 Å². The van der Waals surface area contributed by atoms with Gasteiger partial charge in [0.2, 0.25) is 10.0 Å². The second kappa shape index (κ2) is 11.6. The van der Waals surface area contributed by atoms with Gasteiger partial charge in [0, 0.05) is 27.7 Å². The minimum absolute atomic E-state index is 0.215. The molecule has 0 radical (unpaired) electrons. The van der Waals surface area contributed by atoms with Crippen LogP contribution >= 0.6 is 23.2 Å². The maximum Gasteiger partial charge on any atom is 0.332 e. The summed E-state index contributed by atoms with van der Waals surface area (Å²) >= 11 is 12.8. The van der Waals surface area contributed by atoms with E-state index in [0.717, 1.165) is 19.1 Å².